The molecule has 0 spiro atoms. The van der Waals surface area contributed by atoms with Crippen LogP contribution in [0, 0.1) is 0 Å². The van der Waals surface area contributed by atoms with Crippen molar-refractivity contribution in [1.82, 2.24) is 20.4 Å². The molecule has 6 heteroatoms. The molecule has 0 fully saturated rings. The molecule has 0 aliphatic heterocycles. The maximum Gasteiger partial charge on any atom is 0.191 e. The zero-order chi connectivity index (χ0) is 12.5. The SMILES string of the molecule is CC(C)(C)c1csc(CC(=O)c2cn[nH]n2)n1. The second-order valence-corrected chi connectivity index (χ2v) is 5.77. The summed E-state index contributed by atoms with van der Waals surface area (Å²) in [5.41, 5.74) is 1.40. The molecule has 0 saturated heterocycles. The summed E-state index contributed by atoms with van der Waals surface area (Å²) < 4.78 is 0. The molecule has 0 bridgehead atoms. The maximum absolute atomic E-state index is 11.8. The van der Waals surface area contributed by atoms with E-state index in [0.29, 0.717) is 5.69 Å². The van der Waals surface area contributed by atoms with Gasteiger partial charge in [0, 0.05) is 10.8 Å². The Hall–Kier alpha value is -1.56. The van der Waals surface area contributed by atoms with Crippen LogP contribution in [0.25, 0.3) is 0 Å². The van der Waals surface area contributed by atoms with Crippen molar-refractivity contribution in [2.45, 2.75) is 32.6 Å². The van der Waals surface area contributed by atoms with E-state index in [1.165, 1.54) is 17.5 Å². The molecule has 0 radical (unpaired) electrons. The Morgan fingerprint density at radius 3 is 2.76 bits per heavy atom. The Bertz CT molecular complexity index is 510. The third-order valence-corrected chi connectivity index (χ3v) is 3.18. The lowest BCUT2D eigenvalue weighted by Crippen LogP contribution is -2.12. The fourth-order valence-electron chi connectivity index (χ4n) is 1.30. The van der Waals surface area contributed by atoms with Gasteiger partial charge in [0.1, 0.15) is 10.7 Å². The molecule has 90 valence electrons. The van der Waals surface area contributed by atoms with Crippen LogP contribution in [-0.2, 0) is 11.8 Å². The molecule has 2 aromatic heterocycles. The Morgan fingerprint density at radius 1 is 1.47 bits per heavy atom. The van der Waals surface area contributed by atoms with Crippen LogP contribution in [-0.4, -0.2) is 26.2 Å². The Labute approximate surface area is 103 Å². The average Bonchev–Trinajstić information content (AvgIpc) is 2.85. The first-order valence-corrected chi connectivity index (χ1v) is 6.18. The third-order valence-electron chi connectivity index (χ3n) is 2.33. The molecule has 5 nitrogen and oxygen atoms in total. The number of hydrogen-bond acceptors (Lipinski definition) is 5. The van der Waals surface area contributed by atoms with E-state index in [-0.39, 0.29) is 17.6 Å². The summed E-state index contributed by atoms with van der Waals surface area (Å²) in [5.74, 6) is -0.0615. The van der Waals surface area contributed by atoms with Crippen LogP contribution in [0.3, 0.4) is 0 Å². The van der Waals surface area contributed by atoms with E-state index >= 15 is 0 Å². The summed E-state index contributed by atoms with van der Waals surface area (Å²) >= 11 is 1.51. The second-order valence-electron chi connectivity index (χ2n) is 4.83. The van der Waals surface area contributed by atoms with Gasteiger partial charge in [0.25, 0.3) is 0 Å². The highest BCUT2D eigenvalue weighted by Crippen LogP contribution is 2.24. The molecule has 2 rings (SSSR count). The van der Waals surface area contributed by atoms with Gasteiger partial charge in [-0.3, -0.25) is 4.79 Å². The Morgan fingerprint density at radius 2 is 2.24 bits per heavy atom. The molecule has 0 amide bonds. The second kappa shape index (κ2) is 4.37. The summed E-state index contributed by atoms with van der Waals surface area (Å²) in [6, 6.07) is 0. The number of aromatic nitrogens is 4. The molecular formula is C11H14N4OS. The zero-order valence-corrected chi connectivity index (χ0v) is 10.8. The fourth-order valence-corrected chi connectivity index (χ4v) is 2.32. The van der Waals surface area contributed by atoms with E-state index in [1.54, 1.807) is 0 Å². The lowest BCUT2D eigenvalue weighted by atomic mass is 9.93. The number of H-pyrrole nitrogens is 1. The molecule has 17 heavy (non-hydrogen) atoms. The van der Waals surface area contributed by atoms with Gasteiger partial charge >= 0.3 is 0 Å². The van der Waals surface area contributed by atoms with Crippen molar-refractivity contribution in [2.75, 3.05) is 0 Å². The zero-order valence-electron chi connectivity index (χ0n) is 10.0. The van der Waals surface area contributed by atoms with Crippen molar-refractivity contribution in [1.29, 1.82) is 0 Å². The van der Waals surface area contributed by atoms with Gasteiger partial charge in [0.05, 0.1) is 18.3 Å². The number of hydrogen-bond donors (Lipinski definition) is 1. The van der Waals surface area contributed by atoms with Crippen LogP contribution < -0.4 is 0 Å². The fraction of sp³-hybridized carbons (Fsp3) is 0.455. The predicted octanol–water partition coefficient (Wildman–Crippen LogP) is 1.98. The predicted molar refractivity (Wildman–Crippen MR) is 65.2 cm³/mol. The minimum Gasteiger partial charge on any atom is -0.292 e. The lowest BCUT2D eigenvalue weighted by Gasteiger charge is -2.14. The highest BCUT2D eigenvalue weighted by atomic mass is 32.1. The van der Waals surface area contributed by atoms with Crippen molar-refractivity contribution in [3.8, 4) is 0 Å². The number of Topliss-reactive ketones (excluding diaryl/α,β-unsaturated/α-hetero) is 1. The first kappa shape index (κ1) is 11.9. The molecule has 0 saturated carbocycles. The molecule has 1 N–H and O–H groups in total. The number of ketones is 1. The van der Waals surface area contributed by atoms with Crippen molar-refractivity contribution in [3.63, 3.8) is 0 Å². The number of thiazole rings is 1. The van der Waals surface area contributed by atoms with Gasteiger partial charge in [-0.1, -0.05) is 20.8 Å². The van der Waals surface area contributed by atoms with Crippen molar-refractivity contribution in [2.24, 2.45) is 0 Å². The van der Waals surface area contributed by atoms with E-state index in [1.807, 2.05) is 5.38 Å². The van der Waals surface area contributed by atoms with E-state index in [4.69, 9.17) is 0 Å². The lowest BCUT2D eigenvalue weighted by molar-refractivity contribution is 0.0988. The minimum atomic E-state index is -0.0615. The summed E-state index contributed by atoms with van der Waals surface area (Å²) in [4.78, 5) is 16.2. The van der Waals surface area contributed by atoms with Crippen LogP contribution >= 0.6 is 11.3 Å². The summed E-state index contributed by atoms with van der Waals surface area (Å²) in [6.07, 6.45) is 1.72. The van der Waals surface area contributed by atoms with E-state index in [0.717, 1.165) is 10.7 Å². The van der Waals surface area contributed by atoms with E-state index < -0.39 is 0 Å². The smallest absolute Gasteiger partial charge is 0.191 e. The molecule has 0 unspecified atom stereocenters. The van der Waals surface area contributed by atoms with Gasteiger partial charge in [-0.2, -0.15) is 15.4 Å². The number of rotatable bonds is 3. The number of nitrogens with one attached hydrogen (secondary N) is 1. The largest absolute Gasteiger partial charge is 0.292 e. The van der Waals surface area contributed by atoms with Crippen molar-refractivity contribution in [3.05, 3.63) is 28.0 Å². The van der Waals surface area contributed by atoms with E-state index in [9.17, 15) is 4.79 Å². The Kier molecular flexibility index (Phi) is 3.06. The number of nitrogens with zero attached hydrogens (tertiary/aromatic N) is 3. The topological polar surface area (TPSA) is 71.5 Å². The summed E-state index contributed by atoms with van der Waals surface area (Å²) in [5, 5.41) is 12.6. The van der Waals surface area contributed by atoms with Crippen LogP contribution in [0.4, 0.5) is 0 Å². The maximum atomic E-state index is 11.8. The molecule has 0 aromatic carbocycles. The first-order valence-electron chi connectivity index (χ1n) is 5.30. The molecule has 0 aliphatic carbocycles. The van der Waals surface area contributed by atoms with Gasteiger partial charge < -0.3 is 0 Å². The van der Waals surface area contributed by atoms with Crippen molar-refractivity contribution < 1.29 is 4.79 Å². The van der Waals surface area contributed by atoms with Crippen LogP contribution in [0.1, 0.15) is 42.0 Å². The number of carbonyl (C=O) groups excluding carboxylic acids is 1. The van der Waals surface area contributed by atoms with Gasteiger partial charge in [-0.25, -0.2) is 4.98 Å². The number of aromatic amines is 1. The van der Waals surface area contributed by atoms with Gasteiger partial charge in [-0.05, 0) is 0 Å². The molecule has 2 aromatic rings. The highest BCUT2D eigenvalue weighted by Gasteiger charge is 2.19. The summed E-state index contributed by atoms with van der Waals surface area (Å²) in [6.45, 7) is 6.31. The molecular weight excluding hydrogens is 236 g/mol. The van der Waals surface area contributed by atoms with Crippen LogP contribution in [0.2, 0.25) is 0 Å². The summed E-state index contributed by atoms with van der Waals surface area (Å²) in [7, 11) is 0. The standard InChI is InChI=1S/C11H14N4OS/c1-11(2,3)9-6-17-10(13-9)4-8(16)7-5-12-15-14-7/h5-6H,4H2,1-3H3,(H,12,14,15). The number of carbonyl (C=O) groups is 1. The normalized spacial score (nSPS) is 11.7. The van der Waals surface area contributed by atoms with Crippen LogP contribution in [0.5, 0.6) is 0 Å². The monoisotopic (exact) mass is 250 g/mol. The highest BCUT2D eigenvalue weighted by molar-refractivity contribution is 7.09. The van der Waals surface area contributed by atoms with Gasteiger partial charge in [0.2, 0.25) is 0 Å². The molecule has 2 heterocycles. The average molecular weight is 250 g/mol. The van der Waals surface area contributed by atoms with Crippen LogP contribution in [0.15, 0.2) is 11.6 Å². The quantitative estimate of drug-likeness (QED) is 0.845. The molecule has 0 atom stereocenters. The molecule has 0 aliphatic rings. The Balaban J connectivity index is 2.10. The minimum absolute atomic E-state index is 0.0195. The third kappa shape index (κ3) is 2.76. The van der Waals surface area contributed by atoms with E-state index in [2.05, 4.69) is 41.2 Å². The van der Waals surface area contributed by atoms with Gasteiger partial charge in [0.15, 0.2) is 5.78 Å². The first-order chi connectivity index (χ1) is 7.97. The van der Waals surface area contributed by atoms with Gasteiger partial charge in [-0.15, -0.1) is 11.3 Å². The van der Waals surface area contributed by atoms with Crippen molar-refractivity contribution >= 4 is 17.1 Å².